The zero-order valence-electron chi connectivity index (χ0n) is 13.3. The lowest BCUT2D eigenvalue weighted by molar-refractivity contribution is 0.392. The van der Waals surface area contributed by atoms with Crippen molar-refractivity contribution < 1.29 is 4.74 Å². The number of nitrogens with one attached hydrogen (secondary N) is 2. The zero-order valence-corrected chi connectivity index (χ0v) is 14.1. The van der Waals surface area contributed by atoms with Crippen molar-refractivity contribution in [2.75, 3.05) is 20.7 Å². The quantitative estimate of drug-likeness (QED) is 0.630. The lowest BCUT2D eigenvalue weighted by Crippen LogP contribution is -2.38. The maximum Gasteiger partial charge on any atom is 0.218 e. The SMILES string of the molecule is CN=C(NCCc1ccccc1Cl)NCc1cccnc1OC. The standard InChI is InChI=1S/C17H21ClN4O/c1-19-17(21-11-9-13-6-3-4-8-15(13)18)22-12-14-7-5-10-20-16(14)23-2/h3-8,10H,9,11-12H2,1-2H3,(H2,19,21,22). The van der Waals surface area contributed by atoms with Crippen LogP contribution < -0.4 is 15.4 Å². The lowest BCUT2D eigenvalue weighted by Gasteiger charge is -2.13. The van der Waals surface area contributed by atoms with Crippen molar-refractivity contribution in [3.05, 3.63) is 58.7 Å². The lowest BCUT2D eigenvalue weighted by atomic mass is 10.1. The second-order valence-electron chi connectivity index (χ2n) is 4.87. The number of pyridine rings is 1. The molecular weight excluding hydrogens is 312 g/mol. The molecule has 2 N–H and O–H groups in total. The molecule has 2 rings (SSSR count). The minimum Gasteiger partial charge on any atom is -0.481 e. The van der Waals surface area contributed by atoms with Gasteiger partial charge in [-0.1, -0.05) is 35.9 Å². The third-order valence-corrected chi connectivity index (χ3v) is 3.73. The van der Waals surface area contributed by atoms with Gasteiger partial charge >= 0.3 is 0 Å². The molecule has 1 aromatic heterocycles. The van der Waals surface area contributed by atoms with Gasteiger partial charge < -0.3 is 15.4 Å². The van der Waals surface area contributed by atoms with E-state index < -0.39 is 0 Å². The highest BCUT2D eigenvalue weighted by molar-refractivity contribution is 6.31. The van der Waals surface area contributed by atoms with E-state index in [4.69, 9.17) is 16.3 Å². The number of hydrogen-bond acceptors (Lipinski definition) is 3. The van der Waals surface area contributed by atoms with Gasteiger partial charge in [0.2, 0.25) is 5.88 Å². The summed E-state index contributed by atoms with van der Waals surface area (Å²) in [6, 6.07) is 11.7. The predicted octanol–water partition coefficient (Wildman–Crippen LogP) is 2.65. The van der Waals surface area contributed by atoms with E-state index >= 15 is 0 Å². The van der Waals surface area contributed by atoms with E-state index in [-0.39, 0.29) is 0 Å². The second-order valence-corrected chi connectivity index (χ2v) is 5.27. The van der Waals surface area contributed by atoms with Crippen molar-refractivity contribution in [1.29, 1.82) is 0 Å². The van der Waals surface area contributed by atoms with Gasteiger partial charge in [0, 0.05) is 36.9 Å². The monoisotopic (exact) mass is 332 g/mol. The highest BCUT2D eigenvalue weighted by Gasteiger charge is 2.05. The Labute approximate surface area is 141 Å². The number of halogens is 1. The summed E-state index contributed by atoms with van der Waals surface area (Å²) in [5.74, 6) is 1.34. The summed E-state index contributed by atoms with van der Waals surface area (Å²) >= 11 is 6.15. The summed E-state index contributed by atoms with van der Waals surface area (Å²) in [7, 11) is 3.35. The zero-order chi connectivity index (χ0) is 16.5. The molecule has 122 valence electrons. The number of aliphatic imine (C=N–C) groups is 1. The molecule has 0 fully saturated rings. The second kappa shape index (κ2) is 9.00. The number of rotatable bonds is 6. The van der Waals surface area contributed by atoms with Gasteiger partial charge in [0.15, 0.2) is 5.96 Å². The topological polar surface area (TPSA) is 58.5 Å². The smallest absolute Gasteiger partial charge is 0.218 e. The Morgan fingerprint density at radius 3 is 2.70 bits per heavy atom. The van der Waals surface area contributed by atoms with Crippen molar-refractivity contribution in [1.82, 2.24) is 15.6 Å². The van der Waals surface area contributed by atoms with Crippen molar-refractivity contribution in [3.8, 4) is 5.88 Å². The number of aromatic nitrogens is 1. The third kappa shape index (κ3) is 5.14. The molecule has 0 aliphatic rings. The maximum atomic E-state index is 6.15. The molecule has 0 spiro atoms. The summed E-state index contributed by atoms with van der Waals surface area (Å²) in [6.07, 6.45) is 2.54. The first kappa shape index (κ1) is 17.1. The van der Waals surface area contributed by atoms with Gasteiger partial charge in [0.05, 0.1) is 7.11 Å². The van der Waals surface area contributed by atoms with Gasteiger partial charge in [-0.25, -0.2) is 4.98 Å². The van der Waals surface area contributed by atoms with E-state index in [1.54, 1.807) is 20.4 Å². The minimum atomic E-state index is 0.586. The van der Waals surface area contributed by atoms with Crippen LogP contribution in [0.25, 0.3) is 0 Å². The molecule has 0 radical (unpaired) electrons. The Morgan fingerprint density at radius 1 is 1.17 bits per heavy atom. The molecule has 23 heavy (non-hydrogen) atoms. The third-order valence-electron chi connectivity index (χ3n) is 3.36. The fourth-order valence-corrected chi connectivity index (χ4v) is 2.39. The van der Waals surface area contributed by atoms with Gasteiger partial charge in [0.1, 0.15) is 0 Å². The van der Waals surface area contributed by atoms with E-state index in [1.165, 1.54) is 0 Å². The van der Waals surface area contributed by atoms with Crippen LogP contribution >= 0.6 is 11.6 Å². The van der Waals surface area contributed by atoms with Crippen LogP contribution in [0.3, 0.4) is 0 Å². The van der Waals surface area contributed by atoms with Gasteiger partial charge in [-0.3, -0.25) is 4.99 Å². The molecule has 1 aromatic carbocycles. The predicted molar refractivity (Wildman–Crippen MR) is 94.1 cm³/mol. The molecular formula is C17H21ClN4O. The Hall–Kier alpha value is -2.27. The van der Waals surface area contributed by atoms with Crippen molar-refractivity contribution >= 4 is 17.6 Å². The Bertz CT molecular complexity index is 661. The molecule has 0 aliphatic heterocycles. The first-order chi connectivity index (χ1) is 11.2. The first-order valence-electron chi connectivity index (χ1n) is 7.40. The average Bonchev–Trinajstić information content (AvgIpc) is 2.59. The van der Waals surface area contributed by atoms with E-state index in [9.17, 15) is 0 Å². The molecule has 0 aliphatic carbocycles. The first-order valence-corrected chi connectivity index (χ1v) is 7.78. The van der Waals surface area contributed by atoms with Crippen LogP contribution in [-0.4, -0.2) is 31.6 Å². The van der Waals surface area contributed by atoms with Crippen LogP contribution in [-0.2, 0) is 13.0 Å². The molecule has 0 bridgehead atoms. The summed E-state index contributed by atoms with van der Waals surface area (Å²) < 4.78 is 5.24. The highest BCUT2D eigenvalue weighted by Crippen LogP contribution is 2.15. The number of benzene rings is 1. The minimum absolute atomic E-state index is 0.586. The number of ether oxygens (including phenoxy) is 1. The van der Waals surface area contributed by atoms with Crippen LogP contribution in [0.1, 0.15) is 11.1 Å². The molecule has 5 nitrogen and oxygen atoms in total. The Kier molecular flexibility index (Phi) is 6.69. The summed E-state index contributed by atoms with van der Waals surface area (Å²) in [5.41, 5.74) is 2.09. The largest absolute Gasteiger partial charge is 0.481 e. The molecule has 0 unspecified atom stereocenters. The van der Waals surface area contributed by atoms with E-state index in [2.05, 4.69) is 20.6 Å². The van der Waals surface area contributed by atoms with Gasteiger partial charge in [-0.15, -0.1) is 0 Å². The normalized spacial score (nSPS) is 11.2. The molecule has 0 saturated carbocycles. The number of nitrogens with zero attached hydrogens (tertiary/aromatic N) is 2. The number of methoxy groups -OCH3 is 1. The molecule has 1 heterocycles. The van der Waals surface area contributed by atoms with Crippen LogP contribution in [0.5, 0.6) is 5.88 Å². The van der Waals surface area contributed by atoms with E-state index in [0.29, 0.717) is 12.4 Å². The Morgan fingerprint density at radius 2 is 1.96 bits per heavy atom. The van der Waals surface area contributed by atoms with Crippen molar-refractivity contribution in [2.45, 2.75) is 13.0 Å². The van der Waals surface area contributed by atoms with Gasteiger partial charge in [0.25, 0.3) is 0 Å². The van der Waals surface area contributed by atoms with Crippen LogP contribution in [0.4, 0.5) is 0 Å². The van der Waals surface area contributed by atoms with Gasteiger partial charge in [-0.05, 0) is 24.1 Å². The highest BCUT2D eigenvalue weighted by atomic mass is 35.5. The van der Waals surface area contributed by atoms with Crippen LogP contribution in [0.2, 0.25) is 5.02 Å². The Balaban J connectivity index is 1.83. The van der Waals surface area contributed by atoms with Crippen molar-refractivity contribution in [3.63, 3.8) is 0 Å². The van der Waals surface area contributed by atoms with Crippen molar-refractivity contribution in [2.24, 2.45) is 4.99 Å². The number of guanidine groups is 1. The summed E-state index contributed by atoms with van der Waals surface area (Å²) in [5, 5.41) is 7.31. The summed E-state index contributed by atoms with van der Waals surface area (Å²) in [4.78, 5) is 8.39. The molecule has 0 atom stereocenters. The fraction of sp³-hybridized carbons (Fsp3) is 0.294. The molecule has 2 aromatic rings. The van der Waals surface area contributed by atoms with Gasteiger partial charge in [-0.2, -0.15) is 0 Å². The molecule has 0 amide bonds. The fourth-order valence-electron chi connectivity index (χ4n) is 2.16. The van der Waals surface area contributed by atoms with E-state index in [0.717, 1.165) is 35.1 Å². The molecule has 0 saturated heterocycles. The number of hydrogen-bond donors (Lipinski definition) is 2. The summed E-state index contributed by atoms with van der Waals surface area (Å²) in [6.45, 7) is 1.33. The average molecular weight is 333 g/mol. The van der Waals surface area contributed by atoms with Crippen LogP contribution in [0.15, 0.2) is 47.6 Å². The van der Waals surface area contributed by atoms with Crippen LogP contribution in [0, 0.1) is 0 Å². The molecule has 6 heteroatoms. The maximum absolute atomic E-state index is 6.15. The van der Waals surface area contributed by atoms with E-state index in [1.807, 2.05) is 36.4 Å².